The number of nitrogens with zero attached hydrogens (tertiary/aromatic N) is 4. The van der Waals surface area contributed by atoms with Crippen LogP contribution in [0.4, 0.5) is 5.82 Å². The van der Waals surface area contributed by atoms with Gasteiger partial charge in [-0.15, -0.1) is 10.2 Å². The number of hydrogen-bond donors (Lipinski definition) is 1. The Hall–Kier alpha value is -1.69. The van der Waals surface area contributed by atoms with Crippen molar-refractivity contribution in [3.63, 3.8) is 0 Å². The Kier molecular flexibility index (Phi) is 7.68. The average Bonchev–Trinajstić information content (AvgIpc) is 2.47. The van der Waals surface area contributed by atoms with Crippen LogP contribution in [-0.2, 0) is 0 Å². The molecule has 0 bridgehead atoms. The summed E-state index contributed by atoms with van der Waals surface area (Å²) in [7, 11) is 3.94. The highest BCUT2D eigenvalue weighted by molar-refractivity contribution is 5.92. The maximum Gasteiger partial charge on any atom is 0.271 e. The standard InChI is InChI=1S/C15H27N5O/c1-5-10-20(11-6-2)14-8-7-13(17-18-14)15(21)16-9-12-19(3)4/h7-8H,5-6,9-12H2,1-4H3,(H,16,21). The largest absolute Gasteiger partial charge is 0.355 e. The molecule has 21 heavy (non-hydrogen) atoms. The van der Waals surface area contributed by atoms with Crippen LogP contribution in [-0.4, -0.2) is 61.3 Å². The van der Waals surface area contributed by atoms with Gasteiger partial charge in [0.2, 0.25) is 0 Å². The maximum absolute atomic E-state index is 11.9. The molecule has 1 rings (SSSR count). The second kappa shape index (κ2) is 9.28. The van der Waals surface area contributed by atoms with Crippen molar-refractivity contribution in [2.45, 2.75) is 26.7 Å². The van der Waals surface area contributed by atoms with Gasteiger partial charge in [-0.2, -0.15) is 0 Å². The van der Waals surface area contributed by atoms with E-state index in [9.17, 15) is 4.79 Å². The summed E-state index contributed by atoms with van der Waals surface area (Å²) in [5.41, 5.74) is 0.366. The zero-order valence-electron chi connectivity index (χ0n) is 13.6. The summed E-state index contributed by atoms with van der Waals surface area (Å²) >= 11 is 0. The molecule has 1 N–H and O–H groups in total. The highest BCUT2D eigenvalue weighted by Crippen LogP contribution is 2.10. The van der Waals surface area contributed by atoms with Crippen LogP contribution in [0.2, 0.25) is 0 Å². The van der Waals surface area contributed by atoms with E-state index in [1.807, 2.05) is 25.1 Å². The molecular formula is C15H27N5O. The molecule has 0 aromatic carbocycles. The predicted octanol–water partition coefficient (Wildman–Crippen LogP) is 1.39. The van der Waals surface area contributed by atoms with Crippen LogP contribution < -0.4 is 10.2 Å². The Morgan fingerprint density at radius 2 is 1.76 bits per heavy atom. The Morgan fingerprint density at radius 3 is 2.24 bits per heavy atom. The molecule has 0 unspecified atom stereocenters. The second-order valence-corrected chi connectivity index (χ2v) is 5.32. The Balaban J connectivity index is 2.61. The van der Waals surface area contributed by atoms with Gasteiger partial charge in [-0.25, -0.2) is 0 Å². The van der Waals surface area contributed by atoms with Gasteiger partial charge >= 0.3 is 0 Å². The van der Waals surface area contributed by atoms with Crippen molar-refractivity contribution >= 4 is 11.7 Å². The van der Waals surface area contributed by atoms with Gasteiger partial charge in [-0.3, -0.25) is 4.79 Å². The summed E-state index contributed by atoms with van der Waals surface area (Å²) in [6.07, 6.45) is 2.13. The van der Waals surface area contributed by atoms with E-state index in [2.05, 4.69) is 34.3 Å². The molecular weight excluding hydrogens is 266 g/mol. The molecule has 0 fully saturated rings. The predicted molar refractivity (Wildman–Crippen MR) is 85.7 cm³/mol. The molecule has 0 saturated heterocycles. The molecule has 6 heteroatoms. The average molecular weight is 293 g/mol. The Labute approximate surface area is 127 Å². The monoisotopic (exact) mass is 293 g/mol. The van der Waals surface area contributed by atoms with Gasteiger partial charge in [0.1, 0.15) is 0 Å². The summed E-state index contributed by atoms with van der Waals surface area (Å²) in [5.74, 6) is 0.664. The minimum atomic E-state index is -0.173. The van der Waals surface area contributed by atoms with Crippen molar-refractivity contribution in [2.24, 2.45) is 0 Å². The van der Waals surface area contributed by atoms with E-state index in [-0.39, 0.29) is 5.91 Å². The molecule has 0 saturated carbocycles. The normalized spacial score (nSPS) is 10.7. The second-order valence-electron chi connectivity index (χ2n) is 5.32. The van der Waals surface area contributed by atoms with E-state index >= 15 is 0 Å². The minimum Gasteiger partial charge on any atom is -0.355 e. The smallest absolute Gasteiger partial charge is 0.271 e. The van der Waals surface area contributed by atoms with Crippen LogP contribution in [0.3, 0.4) is 0 Å². The SMILES string of the molecule is CCCN(CCC)c1ccc(C(=O)NCCN(C)C)nn1. The molecule has 1 amide bonds. The van der Waals surface area contributed by atoms with Crippen LogP contribution in [0.5, 0.6) is 0 Å². The van der Waals surface area contributed by atoms with E-state index in [1.54, 1.807) is 6.07 Å². The lowest BCUT2D eigenvalue weighted by Gasteiger charge is -2.21. The highest BCUT2D eigenvalue weighted by Gasteiger charge is 2.10. The first-order valence-corrected chi connectivity index (χ1v) is 7.60. The van der Waals surface area contributed by atoms with E-state index < -0.39 is 0 Å². The fraction of sp³-hybridized carbons (Fsp3) is 0.667. The molecule has 0 spiro atoms. The van der Waals surface area contributed by atoms with E-state index in [4.69, 9.17) is 0 Å². The van der Waals surface area contributed by atoms with E-state index in [0.29, 0.717) is 12.2 Å². The van der Waals surface area contributed by atoms with E-state index in [1.165, 1.54) is 0 Å². The fourth-order valence-electron chi connectivity index (χ4n) is 1.98. The van der Waals surface area contributed by atoms with Crippen molar-refractivity contribution in [3.8, 4) is 0 Å². The van der Waals surface area contributed by atoms with Crippen molar-refractivity contribution in [3.05, 3.63) is 17.8 Å². The Bertz CT molecular complexity index is 413. The summed E-state index contributed by atoms with van der Waals surface area (Å²) in [6.45, 7) is 7.60. The number of aromatic nitrogens is 2. The third-order valence-corrected chi connectivity index (χ3v) is 3.04. The van der Waals surface area contributed by atoms with Gasteiger partial charge in [0.05, 0.1) is 0 Å². The number of rotatable bonds is 9. The number of likely N-dealkylation sites (N-methyl/N-ethyl adjacent to an activating group) is 1. The van der Waals surface area contributed by atoms with E-state index in [0.717, 1.165) is 38.3 Å². The summed E-state index contributed by atoms with van der Waals surface area (Å²) in [4.78, 5) is 16.1. The Morgan fingerprint density at radius 1 is 1.10 bits per heavy atom. The van der Waals surface area contributed by atoms with Crippen molar-refractivity contribution < 1.29 is 4.79 Å². The minimum absolute atomic E-state index is 0.173. The molecule has 1 aromatic rings. The number of nitrogens with one attached hydrogen (secondary N) is 1. The van der Waals surface area contributed by atoms with Gasteiger partial charge in [-0.1, -0.05) is 13.8 Å². The van der Waals surface area contributed by atoms with Crippen molar-refractivity contribution in [1.82, 2.24) is 20.4 Å². The lowest BCUT2D eigenvalue weighted by molar-refractivity contribution is 0.0945. The molecule has 0 aliphatic heterocycles. The van der Waals surface area contributed by atoms with Crippen LogP contribution in [0.25, 0.3) is 0 Å². The lowest BCUT2D eigenvalue weighted by Crippen LogP contribution is -2.32. The lowest BCUT2D eigenvalue weighted by atomic mass is 10.3. The fourth-order valence-corrected chi connectivity index (χ4v) is 1.98. The molecule has 0 aliphatic rings. The molecule has 1 heterocycles. The van der Waals surface area contributed by atoms with Crippen molar-refractivity contribution in [2.75, 3.05) is 45.2 Å². The first-order valence-electron chi connectivity index (χ1n) is 7.60. The van der Waals surface area contributed by atoms with Gasteiger partial charge < -0.3 is 15.1 Å². The molecule has 6 nitrogen and oxygen atoms in total. The quantitative estimate of drug-likeness (QED) is 0.745. The van der Waals surface area contributed by atoms with Gasteiger partial charge in [-0.05, 0) is 39.1 Å². The van der Waals surface area contributed by atoms with Crippen LogP contribution in [0.15, 0.2) is 12.1 Å². The molecule has 118 valence electrons. The first-order chi connectivity index (χ1) is 10.1. The molecule has 1 aromatic heterocycles. The zero-order valence-corrected chi connectivity index (χ0v) is 13.6. The summed E-state index contributed by atoms with van der Waals surface area (Å²) < 4.78 is 0. The first kappa shape index (κ1) is 17.4. The third kappa shape index (κ3) is 6.08. The molecule has 0 aliphatic carbocycles. The van der Waals surface area contributed by atoms with Crippen molar-refractivity contribution in [1.29, 1.82) is 0 Å². The molecule has 0 radical (unpaired) electrons. The number of amides is 1. The highest BCUT2D eigenvalue weighted by atomic mass is 16.1. The van der Waals surface area contributed by atoms with Crippen LogP contribution >= 0.6 is 0 Å². The zero-order chi connectivity index (χ0) is 15.7. The molecule has 0 atom stereocenters. The summed E-state index contributed by atoms with van der Waals surface area (Å²) in [5, 5.41) is 11.1. The number of anilines is 1. The van der Waals surface area contributed by atoms with Gasteiger partial charge in [0.15, 0.2) is 11.5 Å². The van der Waals surface area contributed by atoms with Gasteiger partial charge in [0.25, 0.3) is 5.91 Å². The third-order valence-electron chi connectivity index (χ3n) is 3.04. The van der Waals surface area contributed by atoms with Crippen LogP contribution in [0, 0.1) is 0 Å². The van der Waals surface area contributed by atoms with Gasteiger partial charge in [0, 0.05) is 26.2 Å². The maximum atomic E-state index is 11.9. The van der Waals surface area contributed by atoms with Crippen LogP contribution in [0.1, 0.15) is 37.2 Å². The number of carbonyl (C=O) groups is 1. The number of carbonyl (C=O) groups excluding carboxylic acids is 1. The topological polar surface area (TPSA) is 61.4 Å². The number of hydrogen-bond acceptors (Lipinski definition) is 5. The summed E-state index contributed by atoms with van der Waals surface area (Å²) in [6, 6.07) is 3.62.